The minimum Gasteiger partial charge on any atom is -0.481 e. The summed E-state index contributed by atoms with van der Waals surface area (Å²) in [5.41, 5.74) is -0.475. The lowest BCUT2D eigenvalue weighted by Crippen LogP contribution is -2.30. The van der Waals surface area contributed by atoms with Gasteiger partial charge in [0.2, 0.25) is 0 Å². The van der Waals surface area contributed by atoms with E-state index in [4.69, 9.17) is 4.74 Å². The van der Waals surface area contributed by atoms with E-state index in [1.807, 2.05) is 36.4 Å². The highest BCUT2D eigenvalue weighted by Gasteiger charge is 2.18. The highest BCUT2D eigenvalue weighted by atomic mass is 19.1. The number of benzene rings is 3. The molecule has 0 aliphatic rings. The molecule has 0 aromatic heterocycles. The summed E-state index contributed by atoms with van der Waals surface area (Å²) in [6.07, 6.45) is -0.912. The van der Waals surface area contributed by atoms with E-state index in [9.17, 15) is 13.6 Å². The highest BCUT2D eigenvalue weighted by molar-refractivity contribution is 5.94. The number of amides is 1. The minimum absolute atomic E-state index is 0.475. The third-order valence-corrected chi connectivity index (χ3v) is 3.61. The molecule has 24 heavy (non-hydrogen) atoms. The van der Waals surface area contributed by atoms with E-state index >= 15 is 0 Å². The number of nitrogens with one attached hydrogen (secondary N) is 1. The SMILES string of the molecule is CC(Oc1ccc2ccccc2c1)C(=O)Nc1c(F)cccc1F. The van der Waals surface area contributed by atoms with Crippen LogP contribution in [0.25, 0.3) is 10.8 Å². The zero-order valence-corrected chi connectivity index (χ0v) is 12.9. The maximum Gasteiger partial charge on any atom is 0.265 e. The fourth-order valence-corrected chi connectivity index (χ4v) is 2.34. The van der Waals surface area contributed by atoms with Crippen LogP contribution in [0.1, 0.15) is 6.92 Å². The van der Waals surface area contributed by atoms with Gasteiger partial charge in [-0.3, -0.25) is 4.79 Å². The van der Waals surface area contributed by atoms with Crippen LogP contribution >= 0.6 is 0 Å². The lowest BCUT2D eigenvalue weighted by Gasteiger charge is -2.15. The lowest BCUT2D eigenvalue weighted by atomic mass is 10.1. The standard InChI is InChI=1S/C19H15F2NO2/c1-12(19(23)22-18-16(20)7-4-8-17(18)21)24-15-10-9-13-5-2-3-6-14(13)11-15/h2-12H,1H3,(H,22,23). The number of carbonyl (C=O) groups is 1. The summed E-state index contributed by atoms with van der Waals surface area (Å²) in [6.45, 7) is 1.52. The Hall–Kier alpha value is -2.95. The first kappa shape index (κ1) is 15.9. The second-order valence-corrected chi connectivity index (χ2v) is 5.35. The van der Waals surface area contributed by atoms with Gasteiger partial charge in [0.05, 0.1) is 0 Å². The first-order chi connectivity index (χ1) is 11.5. The predicted octanol–water partition coefficient (Wildman–Crippen LogP) is 4.52. The molecule has 5 heteroatoms. The summed E-state index contributed by atoms with van der Waals surface area (Å²) in [5, 5.41) is 4.25. The van der Waals surface area contributed by atoms with Gasteiger partial charge in [-0.1, -0.05) is 36.4 Å². The molecule has 0 bridgehead atoms. The number of fused-ring (bicyclic) bond motifs is 1. The number of hydrogen-bond donors (Lipinski definition) is 1. The Kier molecular flexibility index (Phi) is 4.42. The van der Waals surface area contributed by atoms with Gasteiger partial charge in [0.1, 0.15) is 23.1 Å². The van der Waals surface area contributed by atoms with E-state index in [1.54, 1.807) is 6.07 Å². The molecule has 0 aliphatic carbocycles. The smallest absolute Gasteiger partial charge is 0.265 e. The Balaban J connectivity index is 1.73. The van der Waals surface area contributed by atoms with E-state index in [-0.39, 0.29) is 0 Å². The minimum atomic E-state index is -0.912. The van der Waals surface area contributed by atoms with Crippen LogP contribution < -0.4 is 10.1 Å². The van der Waals surface area contributed by atoms with Gasteiger partial charge in [0.25, 0.3) is 5.91 Å². The van der Waals surface area contributed by atoms with Crippen molar-refractivity contribution in [3.8, 4) is 5.75 Å². The fraction of sp³-hybridized carbons (Fsp3) is 0.105. The van der Waals surface area contributed by atoms with Crippen molar-refractivity contribution >= 4 is 22.4 Å². The maximum atomic E-state index is 13.6. The van der Waals surface area contributed by atoms with Gasteiger partial charge in [-0.05, 0) is 42.0 Å². The van der Waals surface area contributed by atoms with Crippen LogP contribution in [0.2, 0.25) is 0 Å². The molecule has 3 rings (SSSR count). The summed E-state index contributed by atoms with van der Waals surface area (Å²) in [5.74, 6) is -1.79. The number of carbonyl (C=O) groups excluding carboxylic acids is 1. The third kappa shape index (κ3) is 3.35. The molecule has 0 spiro atoms. The molecule has 1 N–H and O–H groups in total. The zero-order chi connectivity index (χ0) is 17.1. The lowest BCUT2D eigenvalue weighted by molar-refractivity contribution is -0.122. The van der Waals surface area contributed by atoms with Crippen LogP contribution in [-0.4, -0.2) is 12.0 Å². The number of anilines is 1. The number of hydrogen-bond acceptors (Lipinski definition) is 2. The van der Waals surface area contributed by atoms with E-state index in [0.717, 1.165) is 22.9 Å². The molecule has 0 aliphatic heterocycles. The molecular weight excluding hydrogens is 312 g/mol. The van der Waals surface area contributed by atoms with Crippen LogP contribution in [-0.2, 0) is 4.79 Å². The molecular formula is C19H15F2NO2. The van der Waals surface area contributed by atoms with Crippen LogP contribution in [0.5, 0.6) is 5.75 Å². The molecule has 1 unspecified atom stereocenters. The third-order valence-electron chi connectivity index (χ3n) is 3.61. The van der Waals surface area contributed by atoms with Gasteiger partial charge in [0.15, 0.2) is 6.10 Å². The van der Waals surface area contributed by atoms with Crippen LogP contribution in [0.3, 0.4) is 0 Å². The molecule has 3 nitrogen and oxygen atoms in total. The van der Waals surface area contributed by atoms with Crippen molar-refractivity contribution in [1.29, 1.82) is 0 Å². The predicted molar refractivity (Wildman–Crippen MR) is 89.0 cm³/mol. The summed E-state index contributed by atoms with van der Waals surface area (Å²) < 4.78 is 32.7. The van der Waals surface area contributed by atoms with Gasteiger partial charge in [-0.25, -0.2) is 8.78 Å². The first-order valence-corrected chi connectivity index (χ1v) is 7.45. The van der Waals surface area contributed by atoms with E-state index < -0.39 is 29.3 Å². The Morgan fingerprint density at radius 1 is 0.958 bits per heavy atom. The van der Waals surface area contributed by atoms with Gasteiger partial charge >= 0.3 is 0 Å². The van der Waals surface area contributed by atoms with Gasteiger partial charge in [-0.15, -0.1) is 0 Å². The molecule has 0 fully saturated rings. The molecule has 1 atom stereocenters. The van der Waals surface area contributed by atoms with Gasteiger partial charge in [-0.2, -0.15) is 0 Å². The van der Waals surface area contributed by atoms with E-state index in [0.29, 0.717) is 5.75 Å². The Bertz CT molecular complexity index is 875. The van der Waals surface area contributed by atoms with Crippen molar-refractivity contribution in [3.63, 3.8) is 0 Å². The summed E-state index contributed by atoms with van der Waals surface area (Å²) >= 11 is 0. The molecule has 1 amide bonds. The maximum absolute atomic E-state index is 13.6. The molecule has 0 radical (unpaired) electrons. The van der Waals surface area contributed by atoms with Crippen molar-refractivity contribution in [1.82, 2.24) is 0 Å². The van der Waals surface area contributed by atoms with E-state index in [1.165, 1.54) is 13.0 Å². The highest BCUT2D eigenvalue weighted by Crippen LogP contribution is 2.22. The number of rotatable bonds is 4. The summed E-state index contributed by atoms with van der Waals surface area (Å²) in [6, 6.07) is 16.6. The van der Waals surface area contributed by atoms with Crippen LogP contribution in [0.4, 0.5) is 14.5 Å². The average molecular weight is 327 g/mol. The average Bonchev–Trinajstić information content (AvgIpc) is 2.58. The van der Waals surface area contributed by atoms with Gasteiger partial charge in [0, 0.05) is 0 Å². The molecule has 3 aromatic rings. The largest absolute Gasteiger partial charge is 0.481 e. The summed E-state index contributed by atoms with van der Waals surface area (Å²) in [7, 11) is 0. The topological polar surface area (TPSA) is 38.3 Å². The van der Waals surface area contributed by atoms with Crippen LogP contribution in [0, 0.1) is 11.6 Å². The monoisotopic (exact) mass is 327 g/mol. The van der Waals surface area contributed by atoms with E-state index in [2.05, 4.69) is 5.32 Å². The van der Waals surface area contributed by atoms with Gasteiger partial charge < -0.3 is 10.1 Å². The molecule has 3 aromatic carbocycles. The zero-order valence-electron chi connectivity index (χ0n) is 12.9. The second kappa shape index (κ2) is 6.66. The Morgan fingerprint density at radius 2 is 1.62 bits per heavy atom. The molecule has 0 saturated heterocycles. The molecule has 0 heterocycles. The van der Waals surface area contributed by atoms with Crippen molar-refractivity contribution in [3.05, 3.63) is 72.3 Å². The molecule has 0 saturated carbocycles. The number of para-hydroxylation sites is 1. The van der Waals surface area contributed by atoms with Crippen molar-refractivity contribution in [2.24, 2.45) is 0 Å². The normalized spacial score (nSPS) is 12.0. The van der Waals surface area contributed by atoms with Crippen molar-refractivity contribution in [2.45, 2.75) is 13.0 Å². The number of halogens is 2. The van der Waals surface area contributed by atoms with Crippen molar-refractivity contribution in [2.75, 3.05) is 5.32 Å². The fourth-order valence-electron chi connectivity index (χ4n) is 2.34. The number of ether oxygens (including phenoxy) is 1. The summed E-state index contributed by atoms with van der Waals surface area (Å²) in [4.78, 5) is 12.1. The second-order valence-electron chi connectivity index (χ2n) is 5.35. The Morgan fingerprint density at radius 3 is 2.33 bits per heavy atom. The van der Waals surface area contributed by atoms with Crippen LogP contribution in [0.15, 0.2) is 60.7 Å². The quantitative estimate of drug-likeness (QED) is 0.765. The first-order valence-electron chi connectivity index (χ1n) is 7.45. The molecule has 122 valence electrons. The van der Waals surface area contributed by atoms with Crippen molar-refractivity contribution < 1.29 is 18.3 Å². The Labute approximate surface area is 137 Å².